The number of ether oxygens (including phenoxy) is 3. The molecule has 0 bridgehead atoms. The lowest BCUT2D eigenvalue weighted by atomic mass is 10.1. The van der Waals surface area contributed by atoms with Crippen molar-refractivity contribution in [3.8, 4) is 11.5 Å². The Hall–Kier alpha value is -2.73. The first-order chi connectivity index (χ1) is 14.1. The van der Waals surface area contributed by atoms with Crippen molar-refractivity contribution in [2.45, 2.75) is 39.5 Å². The average Bonchev–Trinajstić information content (AvgIpc) is 3.22. The standard InChI is InChI=1S/C23H31N3O3/c1-16-5-6-19(22(11-16)29-20-7-8-28-15-20)14-26-23(24-3)25-13-18-9-17(2)10-21(12-18)27-4/h5-6,9-12,20H,7-8,13-15H2,1-4H3,(H2,24,25,26). The van der Waals surface area contributed by atoms with E-state index in [0.29, 0.717) is 19.7 Å². The summed E-state index contributed by atoms with van der Waals surface area (Å²) in [6.07, 6.45) is 1.06. The van der Waals surface area contributed by atoms with E-state index in [9.17, 15) is 0 Å². The predicted molar refractivity (Wildman–Crippen MR) is 116 cm³/mol. The van der Waals surface area contributed by atoms with Crippen LogP contribution in [0, 0.1) is 13.8 Å². The van der Waals surface area contributed by atoms with Crippen LogP contribution in [0.15, 0.2) is 41.4 Å². The molecule has 1 saturated heterocycles. The van der Waals surface area contributed by atoms with Crippen LogP contribution < -0.4 is 20.1 Å². The van der Waals surface area contributed by atoms with Gasteiger partial charge in [-0.3, -0.25) is 4.99 Å². The van der Waals surface area contributed by atoms with Gasteiger partial charge in [0.05, 0.1) is 20.3 Å². The van der Waals surface area contributed by atoms with Crippen molar-refractivity contribution in [2.24, 2.45) is 4.99 Å². The van der Waals surface area contributed by atoms with Gasteiger partial charge >= 0.3 is 0 Å². The summed E-state index contributed by atoms with van der Waals surface area (Å²) in [7, 11) is 3.46. The van der Waals surface area contributed by atoms with Crippen LogP contribution in [-0.2, 0) is 17.8 Å². The third kappa shape index (κ3) is 6.12. The number of nitrogens with one attached hydrogen (secondary N) is 2. The number of methoxy groups -OCH3 is 1. The van der Waals surface area contributed by atoms with E-state index in [1.54, 1.807) is 14.2 Å². The summed E-state index contributed by atoms with van der Waals surface area (Å²) in [5.41, 5.74) is 4.59. The Kier molecular flexibility index (Phi) is 7.36. The molecular formula is C23H31N3O3. The Bertz CT molecular complexity index is 845. The maximum absolute atomic E-state index is 6.18. The predicted octanol–water partition coefficient (Wildman–Crippen LogP) is 3.34. The lowest BCUT2D eigenvalue weighted by Gasteiger charge is -2.18. The van der Waals surface area contributed by atoms with Gasteiger partial charge in [-0.05, 0) is 48.7 Å². The normalized spacial score (nSPS) is 16.6. The Morgan fingerprint density at radius 1 is 1.10 bits per heavy atom. The monoisotopic (exact) mass is 397 g/mol. The summed E-state index contributed by atoms with van der Waals surface area (Å²) in [5, 5.41) is 6.74. The van der Waals surface area contributed by atoms with Crippen molar-refractivity contribution < 1.29 is 14.2 Å². The van der Waals surface area contributed by atoms with Crippen molar-refractivity contribution in [1.82, 2.24) is 10.6 Å². The molecule has 29 heavy (non-hydrogen) atoms. The molecule has 0 aromatic heterocycles. The number of aryl methyl sites for hydroxylation is 2. The van der Waals surface area contributed by atoms with Crippen LogP contribution in [0.25, 0.3) is 0 Å². The van der Waals surface area contributed by atoms with Crippen molar-refractivity contribution in [2.75, 3.05) is 27.4 Å². The van der Waals surface area contributed by atoms with E-state index in [2.05, 4.69) is 53.7 Å². The van der Waals surface area contributed by atoms with E-state index in [4.69, 9.17) is 14.2 Å². The molecule has 0 saturated carbocycles. The van der Waals surface area contributed by atoms with E-state index >= 15 is 0 Å². The fourth-order valence-electron chi connectivity index (χ4n) is 3.33. The largest absolute Gasteiger partial charge is 0.497 e. The van der Waals surface area contributed by atoms with Gasteiger partial charge in [0.15, 0.2) is 5.96 Å². The number of nitrogens with zero attached hydrogens (tertiary/aromatic N) is 1. The first-order valence-electron chi connectivity index (χ1n) is 10.0. The van der Waals surface area contributed by atoms with Crippen LogP contribution >= 0.6 is 0 Å². The smallest absolute Gasteiger partial charge is 0.191 e. The summed E-state index contributed by atoms with van der Waals surface area (Å²) in [6, 6.07) is 12.5. The minimum atomic E-state index is 0.129. The lowest BCUT2D eigenvalue weighted by Crippen LogP contribution is -2.36. The topological polar surface area (TPSA) is 64.1 Å². The zero-order chi connectivity index (χ0) is 20.6. The maximum atomic E-state index is 6.18. The minimum Gasteiger partial charge on any atom is -0.497 e. The van der Waals surface area contributed by atoms with Crippen molar-refractivity contribution in [1.29, 1.82) is 0 Å². The molecule has 0 radical (unpaired) electrons. The molecule has 1 atom stereocenters. The summed E-state index contributed by atoms with van der Waals surface area (Å²) in [5.74, 6) is 2.51. The minimum absolute atomic E-state index is 0.129. The van der Waals surface area contributed by atoms with Crippen LogP contribution in [0.4, 0.5) is 0 Å². The van der Waals surface area contributed by atoms with E-state index in [0.717, 1.165) is 41.6 Å². The van der Waals surface area contributed by atoms with Gasteiger partial charge in [-0.25, -0.2) is 0 Å². The van der Waals surface area contributed by atoms with E-state index in [1.165, 1.54) is 11.1 Å². The Morgan fingerprint density at radius 3 is 2.66 bits per heavy atom. The summed E-state index contributed by atoms with van der Waals surface area (Å²) >= 11 is 0. The average molecular weight is 398 g/mol. The second-order valence-corrected chi connectivity index (χ2v) is 7.35. The van der Waals surface area contributed by atoms with E-state index < -0.39 is 0 Å². The third-order valence-electron chi connectivity index (χ3n) is 4.88. The Labute approximate surface area is 173 Å². The van der Waals surface area contributed by atoms with E-state index in [-0.39, 0.29) is 6.10 Å². The SMILES string of the molecule is CN=C(NCc1cc(C)cc(OC)c1)NCc1ccc(C)cc1OC1CCOC1. The lowest BCUT2D eigenvalue weighted by molar-refractivity contribution is 0.140. The van der Waals surface area contributed by atoms with Gasteiger partial charge in [0.2, 0.25) is 0 Å². The van der Waals surface area contributed by atoms with Gasteiger partial charge in [-0.2, -0.15) is 0 Å². The number of aliphatic imine (C=N–C) groups is 1. The maximum Gasteiger partial charge on any atom is 0.191 e. The highest BCUT2D eigenvalue weighted by atomic mass is 16.5. The summed E-state index contributed by atoms with van der Waals surface area (Å²) in [4.78, 5) is 4.34. The van der Waals surface area contributed by atoms with Gasteiger partial charge in [-0.1, -0.05) is 18.2 Å². The van der Waals surface area contributed by atoms with Crippen molar-refractivity contribution in [3.63, 3.8) is 0 Å². The number of rotatable bonds is 7. The number of hydrogen-bond acceptors (Lipinski definition) is 4. The zero-order valence-corrected chi connectivity index (χ0v) is 17.7. The quantitative estimate of drug-likeness (QED) is 0.554. The number of hydrogen-bond donors (Lipinski definition) is 2. The van der Waals surface area contributed by atoms with Crippen LogP contribution in [0.5, 0.6) is 11.5 Å². The fourth-order valence-corrected chi connectivity index (χ4v) is 3.33. The Balaban J connectivity index is 1.60. The van der Waals surface area contributed by atoms with Crippen molar-refractivity contribution in [3.05, 3.63) is 58.7 Å². The molecule has 6 heteroatoms. The molecule has 2 N–H and O–H groups in total. The fraction of sp³-hybridized carbons (Fsp3) is 0.435. The molecular weight excluding hydrogens is 366 g/mol. The number of benzene rings is 2. The van der Waals surface area contributed by atoms with Gasteiger partial charge < -0.3 is 24.8 Å². The molecule has 0 spiro atoms. The molecule has 6 nitrogen and oxygen atoms in total. The zero-order valence-electron chi connectivity index (χ0n) is 17.7. The molecule has 1 heterocycles. The molecule has 0 aliphatic carbocycles. The van der Waals surface area contributed by atoms with E-state index in [1.807, 2.05) is 12.1 Å². The molecule has 0 amide bonds. The molecule has 1 aliphatic rings. The second-order valence-electron chi connectivity index (χ2n) is 7.35. The number of guanidine groups is 1. The van der Waals surface area contributed by atoms with Crippen LogP contribution in [0.1, 0.15) is 28.7 Å². The highest BCUT2D eigenvalue weighted by molar-refractivity contribution is 5.79. The van der Waals surface area contributed by atoms with Crippen LogP contribution in [-0.4, -0.2) is 39.4 Å². The van der Waals surface area contributed by atoms with Crippen molar-refractivity contribution >= 4 is 5.96 Å². The van der Waals surface area contributed by atoms with Gasteiger partial charge in [0.25, 0.3) is 0 Å². The summed E-state index contributed by atoms with van der Waals surface area (Å²) < 4.78 is 17.0. The first kappa shape index (κ1) is 21.0. The third-order valence-corrected chi connectivity index (χ3v) is 4.88. The van der Waals surface area contributed by atoms with Gasteiger partial charge in [-0.15, -0.1) is 0 Å². The first-order valence-corrected chi connectivity index (χ1v) is 10.0. The van der Waals surface area contributed by atoms with Crippen LogP contribution in [0.2, 0.25) is 0 Å². The molecule has 156 valence electrons. The molecule has 1 aliphatic heterocycles. The molecule has 3 rings (SSSR count). The highest BCUT2D eigenvalue weighted by Gasteiger charge is 2.18. The van der Waals surface area contributed by atoms with Crippen LogP contribution in [0.3, 0.4) is 0 Å². The van der Waals surface area contributed by atoms with Gasteiger partial charge in [0, 0.05) is 32.1 Å². The Morgan fingerprint density at radius 2 is 1.93 bits per heavy atom. The molecule has 1 unspecified atom stereocenters. The molecule has 2 aromatic carbocycles. The molecule has 1 fully saturated rings. The van der Waals surface area contributed by atoms with Gasteiger partial charge in [0.1, 0.15) is 17.6 Å². The second kappa shape index (κ2) is 10.2. The molecule has 2 aromatic rings. The summed E-state index contributed by atoms with van der Waals surface area (Å²) in [6.45, 7) is 6.85. The highest BCUT2D eigenvalue weighted by Crippen LogP contribution is 2.24.